The van der Waals surface area contributed by atoms with Gasteiger partial charge in [0.05, 0.1) is 23.6 Å². The predicted molar refractivity (Wildman–Crippen MR) is 128 cm³/mol. The second-order valence-corrected chi connectivity index (χ2v) is 7.86. The molecule has 0 aromatic heterocycles. The Morgan fingerprint density at radius 3 is 2.16 bits per heavy atom. The Bertz CT molecular complexity index is 1170. The molecule has 5 nitrogen and oxygen atoms in total. The maximum Gasteiger partial charge on any atom is 0.282 e. The van der Waals surface area contributed by atoms with Crippen molar-refractivity contribution in [1.82, 2.24) is 0 Å². The van der Waals surface area contributed by atoms with Gasteiger partial charge in [-0.25, -0.2) is 4.90 Å². The lowest BCUT2D eigenvalue weighted by molar-refractivity contribution is -0.120. The Hall–Kier alpha value is -3.86. The van der Waals surface area contributed by atoms with Crippen LogP contribution >= 0.6 is 0 Å². The van der Waals surface area contributed by atoms with Crippen molar-refractivity contribution < 1.29 is 14.3 Å². The summed E-state index contributed by atoms with van der Waals surface area (Å²) >= 11 is 0. The van der Waals surface area contributed by atoms with Crippen molar-refractivity contribution in [2.24, 2.45) is 0 Å². The van der Waals surface area contributed by atoms with Gasteiger partial charge in [-0.2, -0.15) is 0 Å². The zero-order chi connectivity index (χ0) is 22.7. The number of benzene rings is 3. The number of carbonyl (C=O) groups excluding carboxylic acids is 2. The van der Waals surface area contributed by atoms with Crippen LogP contribution in [0.25, 0.3) is 5.57 Å². The molecule has 3 aromatic rings. The molecule has 0 saturated heterocycles. The number of nitrogens with zero attached hydrogens (tertiary/aromatic N) is 1. The first-order valence-corrected chi connectivity index (χ1v) is 10.8. The van der Waals surface area contributed by atoms with E-state index in [1.165, 1.54) is 4.90 Å². The molecule has 3 aromatic carbocycles. The van der Waals surface area contributed by atoms with E-state index in [9.17, 15) is 9.59 Å². The summed E-state index contributed by atoms with van der Waals surface area (Å²) in [5, 5.41) is 3.19. The van der Waals surface area contributed by atoms with Gasteiger partial charge in [-0.05, 0) is 48.2 Å². The van der Waals surface area contributed by atoms with E-state index in [0.717, 1.165) is 5.56 Å². The normalized spacial score (nSPS) is 13.8. The minimum absolute atomic E-state index is 0.237. The van der Waals surface area contributed by atoms with Crippen LogP contribution in [-0.4, -0.2) is 18.4 Å². The SMILES string of the molecule is CCOc1ccccc1NC1=C(c2ccccc2)C(=O)N(c2ccc(C(C)C)cc2)C1=O. The highest BCUT2D eigenvalue weighted by Gasteiger charge is 2.40. The van der Waals surface area contributed by atoms with Crippen LogP contribution < -0.4 is 15.0 Å². The van der Waals surface area contributed by atoms with Gasteiger partial charge in [0.1, 0.15) is 11.4 Å². The minimum Gasteiger partial charge on any atom is -0.492 e. The molecule has 5 heteroatoms. The highest BCUT2D eigenvalue weighted by Crippen LogP contribution is 2.36. The third kappa shape index (κ3) is 4.02. The van der Waals surface area contributed by atoms with Crippen LogP contribution in [0.15, 0.2) is 84.6 Å². The fourth-order valence-corrected chi connectivity index (χ4v) is 3.75. The van der Waals surface area contributed by atoms with E-state index in [4.69, 9.17) is 4.74 Å². The Labute approximate surface area is 188 Å². The van der Waals surface area contributed by atoms with E-state index >= 15 is 0 Å². The number of para-hydroxylation sites is 2. The van der Waals surface area contributed by atoms with E-state index < -0.39 is 5.91 Å². The molecule has 0 radical (unpaired) electrons. The molecule has 0 unspecified atom stereocenters. The number of hydrogen-bond acceptors (Lipinski definition) is 4. The first-order chi connectivity index (χ1) is 15.5. The summed E-state index contributed by atoms with van der Waals surface area (Å²) in [5.74, 6) is 0.238. The summed E-state index contributed by atoms with van der Waals surface area (Å²) in [5.41, 5.74) is 3.59. The van der Waals surface area contributed by atoms with Gasteiger partial charge in [0.25, 0.3) is 11.8 Å². The smallest absolute Gasteiger partial charge is 0.282 e. The maximum atomic E-state index is 13.5. The fourth-order valence-electron chi connectivity index (χ4n) is 3.75. The van der Waals surface area contributed by atoms with Crippen LogP contribution in [0, 0.1) is 0 Å². The summed E-state index contributed by atoms with van der Waals surface area (Å²) in [4.78, 5) is 28.3. The zero-order valence-corrected chi connectivity index (χ0v) is 18.5. The van der Waals surface area contributed by atoms with E-state index in [2.05, 4.69) is 19.2 Å². The van der Waals surface area contributed by atoms with Crippen LogP contribution in [0.4, 0.5) is 11.4 Å². The maximum absolute atomic E-state index is 13.5. The van der Waals surface area contributed by atoms with Crippen LogP contribution in [0.1, 0.15) is 37.8 Å². The average molecular weight is 427 g/mol. The number of anilines is 2. The molecule has 1 heterocycles. The van der Waals surface area contributed by atoms with Crippen LogP contribution in [-0.2, 0) is 9.59 Å². The molecule has 162 valence electrons. The third-order valence-electron chi connectivity index (χ3n) is 5.41. The lowest BCUT2D eigenvalue weighted by Crippen LogP contribution is -2.32. The molecule has 1 N–H and O–H groups in total. The molecule has 0 saturated carbocycles. The molecule has 0 aliphatic carbocycles. The molecular weight excluding hydrogens is 400 g/mol. The van der Waals surface area contributed by atoms with Crippen LogP contribution in [0.5, 0.6) is 5.75 Å². The predicted octanol–water partition coefficient (Wildman–Crippen LogP) is 5.61. The van der Waals surface area contributed by atoms with Crippen molar-refractivity contribution in [3.8, 4) is 5.75 Å². The highest BCUT2D eigenvalue weighted by atomic mass is 16.5. The number of amides is 2. The number of rotatable bonds is 7. The van der Waals surface area contributed by atoms with Gasteiger partial charge >= 0.3 is 0 Å². The Balaban J connectivity index is 1.78. The minimum atomic E-state index is -0.391. The highest BCUT2D eigenvalue weighted by molar-refractivity contribution is 6.46. The molecule has 1 aliphatic heterocycles. The van der Waals surface area contributed by atoms with Crippen molar-refractivity contribution in [3.05, 3.63) is 95.7 Å². The number of imide groups is 1. The van der Waals surface area contributed by atoms with Crippen molar-refractivity contribution in [3.63, 3.8) is 0 Å². The van der Waals surface area contributed by atoms with E-state index in [1.54, 1.807) is 0 Å². The monoisotopic (exact) mass is 426 g/mol. The quantitative estimate of drug-likeness (QED) is 0.499. The van der Waals surface area contributed by atoms with Gasteiger partial charge in [-0.15, -0.1) is 0 Å². The van der Waals surface area contributed by atoms with Crippen molar-refractivity contribution in [2.75, 3.05) is 16.8 Å². The number of hydrogen-bond donors (Lipinski definition) is 1. The number of nitrogens with one attached hydrogen (secondary N) is 1. The summed E-state index contributed by atoms with van der Waals surface area (Å²) in [6.07, 6.45) is 0. The molecule has 4 rings (SSSR count). The lowest BCUT2D eigenvalue weighted by atomic mass is 10.0. The first kappa shape index (κ1) is 21.4. The summed E-state index contributed by atoms with van der Waals surface area (Å²) in [6, 6.07) is 24.2. The summed E-state index contributed by atoms with van der Waals surface area (Å²) < 4.78 is 5.70. The van der Waals surface area contributed by atoms with Crippen LogP contribution in [0.2, 0.25) is 0 Å². The molecule has 1 aliphatic rings. The Morgan fingerprint density at radius 2 is 1.50 bits per heavy atom. The standard InChI is InChI=1S/C27H26N2O3/c1-4-32-23-13-9-8-12-22(23)28-25-24(20-10-6-5-7-11-20)26(30)29(27(25)31)21-16-14-19(15-17-21)18(2)3/h5-18,28H,4H2,1-3H3. The second-order valence-electron chi connectivity index (χ2n) is 7.86. The molecule has 2 amide bonds. The Kier molecular flexibility index (Phi) is 6.08. The molecule has 0 fully saturated rings. The molecule has 0 atom stereocenters. The second kappa shape index (κ2) is 9.10. The van der Waals surface area contributed by atoms with Crippen molar-refractivity contribution in [1.29, 1.82) is 0 Å². The van der Waals surface area contributed by atoms with Gasteiger partial charge in [0, 0.05) is 0 Å². The fraction of sp³-hybridized carbons (Fsp3) is 0.185. The third-order valence-corrected chi connectivity index (χ3v) is 5.41. The van der Waals surface area contributed by atoms with E-state index in [-0.39, 0.29) is 11.6 Å². The molecule has 0 spiro atoms. The van der Waals surface area contributed by atoms with Crippen molar-refractivity contribution in [2.45, 2.75) is 26.7 Å². The Morgan fingerprint density at radius 1 is 0.844 bits per heavy atom. The summed E-state index contributed by atoms with van der Waals surface area (Å²) in [7, 11) is 0. The molecular formula is C27H26N2O3. The lowest BCUT2D eigenvalue weighted by Gasteiger charge is -2.17. The zero-order valence-electron chi connectivity index (χ0n) is 18.5. The van der Waals surface area contributed by atoms with E-state index in [1.807, 2.05) is 85.8 Å². The van der Waals surface area contributed by atoms with Gasteiger partial charge in [-0.3, -0.25) is 9.59 Å². The number of ether oxygens (including phenoxy) is 1. The van der Waals surface area contributed by atoms with Crippen molar-refractivity contribution >= 4 is 28.8 Å². The van der Waals surface area contributed by atoms with E-state index in [0.29, 0.717) is 40.8 Å². The van der Waals surface area contributed by atoms with Gasteiger partial charge in [-0.1, -0.05) is 68.4 Å². The topological polar surface area (TPSA) is 58.6 Å². The van der Waals surface area contributed by atoms with Gasteiger partial charge < -0.3 is 10.1 Å². The van der Waals surface area contributed by atoms with Crippen LogP contribution in [0.3, 0.4) is 0 Å². The largest absolute Gasteiger partial charge is 0.492 e. The summed E-state index contributed by atoms with van der Waals surface area (Å²) in [6.45, 7) is 6.60. The molecule has 0 bridgehead atoms. The number of carbonyl (C=O) groups is 2. The first-order valence-electron chi connectivity index (χ1n) is 10.8. The van der Waals surface area contributed by atoms with Gasteiger partial charge in [0.2, 0.25) is 0 Å². The molecule has 32 heavy (non-hydrogen) atoms. The van der Waals surface area contributed by atoms with Gasteiger partial charge in [0.15, 0.2) is 0 Å². The average Bonchev–Trinajstić information content (AvgIpc) is 3.05.